The molecule has 1 aromatic heterocycles. The van der Waals surface area contributed by atoms with Crippen LogP contribution in [0.3, 0.4) is 0 Å². The lowest BCUT2D eigenvalue weighted by Gasteiger charge is -2.01. The molecule has 0 saturated carbocycles. The Hall–Kier alpha value is -1.45. The molecule has 0 radical (unpaired) electrons. The Morgan fingerprint density at radius 1 is 1.31 bits per heavy atom. The van der Waals surface area contributed by atoms with Gasteiger partial charge in [-0.2, -0.15) is 5.10 Å². The fraction of sp³-hybridized carbons (Fsp3) is 0.444. The molecule has 70 valence electrons. The molecule has 0 amide bonds. The molecular weight excluding hydrogens is 164 g/mol. The molecule has 0 unspecified atom stereocenters. The molecule has 0 aliphatic heterocycles. The number of nitrogens with one attached hydrogen (secondary N) is 1. The maximum absolute atomic E-state index is 4.22. The molecule has 0 saturated heterocycles. The predicted octanol–water partition coefficient (Wildman–Crippen LogP) is 2.06. The summed E-state index contributed by atoms with van der Waals surface area (Å²) in [4.78, 5) is 7.74. The van der Waals surface area contributed by atoms with Gasteiger partial charge in [0.2, 0.25) is 0 Å². The number of aromatic nitrogens is 2. The first kappa shape index (κ1) is 9.64. The van der Waals surface area contributed by atoms with E-state index in [0.29, 0.717) is 0 Å². The lowest BCUT2D eigenvalue weighted by atomic mass is 10.2. The number of hydrogen-bond acceptors (Lipinski definition) is 4. The summed E-state index contributed by atoms with van der Waals surface area (Å²) in [6.07, 6.45) is 6.82. The molecule has 0 spiro atoms. The average molecular weight is 178 g/mol. The van der Waals surface area contributed by atoms with Crippen LogP contribution in [0.4, 0.5) is 5.69 Å². The van der Waals surface area contributed by atoms with Crippen molar-refractivity contribution < 1.29 is 0 Å². The van der Waals surface area contributed by atoms with Crippen LogP contribution in [0.2, 0.25) is 0 Å². The molecule has 0 aliphatic carbocycles. The summed E-state index contributed by atoms with van der Waals surface area (Å²) >= 11 is 0. The Kier molecular flexibility index (Phi) is 3.88. The first-order valence-corrected chi connectivity index (χ1v) is 4.43. The summed E-state index contributed by atoms with van der Waals surface area (Å²) in [6, 6.07) is 0. The number of nitrogens with zero attached hydrogens (tertiary/aromatic N) is 3. The van der Waals surface area contributed by atoms with Gasteiger partial charge in [-0.1, -0.05) is 13.8 Å². The summed E-state index contributed by atoms with van der Waals surface area (Å²) in [5, 5.41) is 4.22. The summed E-state index contributed by atoms with van der Waals surface area (Å²) in [6.45, 7) is 4.18. The van der Waals surface area contributed by atoms with Crippen LogP contribution in [0.1, 0.15) is 26.7 Å². The van der Waals surface area contributed by atoms with Gasteiger partial charge in [0.05, 0.1) is 18.1 Å². The van der Waals surface area contributed by atoms with Crippen molar-refractivity contribution in [3.05, 3.63) is 18.7 Å². The normalized spacial score (nSPS) is 9.38. The van der Waals surface area contributed by atoms with Crippen LogP contribution in [0, 0.1) is 0 Å². The molecule has 4 nitrogen and oxygen atoms in total. The highest BCUT2D eigenvalue weighted by Crippen LogP contribution is 2.01. The van der Waals surface area contributed by atoms with E-state index in [9.17, 15) is 0 Å². The fourth-order valence-corrected chi connectivity index (χ4v) is 0.909. The van der Waals surface area contributed by atoms with Crippen molar-refractivity contribution in [2.75, 3.05) is 5.43 Å². The van der Waals surface area contributed by atoms with Gasteiger partial charge in [0.15, 0.2) is 0 Å². The van der Waals surface area contributed by atoms with Crippen LogP contribution in [0.5, 0.6) is 0 Å². The second kappa shape index (κ2) is 5.24. The molecule has 1 N–H and O–H groups in total. The standard InChI is InChI=1S/C9H14N4/c1-3-8(4-2)12-13-9-5-10-7-11-6-9/h5-7,13H,3-4H2,1-2H3. The van der Waals surface area contributed by atoms with Crippen molar-refractivity contribution in [1.82, 2.24) is 9.97 Å². The van der Waals surface area contributed by atoms with Crippen LogP contribution in [0.15, 0.2) is 23.8 Å². The molecule has 1 heterocycles. The number of anilines is 1. The van der Waals surface area contributed by atoms with Crippen molar-refractivity contribution in [2.24, 2.45) is 5.10 Å². The van der Waals surface area contributed by atoms with Crippen LogP contribution < -0.4 is 5.43 Å². The van der Waals surface area contributed by atoms with Crippen LogP contribution >= 0.6 is 0 Å². The van der Waals surface area contributed by atoms with Gasteiger partial charge in [0.25, 0.3) is 0 Å². The maximum atomic E-state index is 4.22. The summed E-state index contributed by atoms with van der Waals surface area (Å²) in [5.41, 5.74) is 4.87. The van der Waals surface area contributed by atoms with Crippen molar-refractivity contribution in [3.63, 3.8) is 0 Å². The molecule has 0 atom stereocenters. The molecule has 13 heavy (non-hydrogen) atoms. The van der Waals surface area contributed by atoms with Gasteiger partial charge in [-0.15, -0.1) is 0 Å². The van der Waals surface area contributed by atoms with Crippen LogP contribution in [-0.4, -0.2) is 15.7 Å². The van der Waals surface area contributed by atoms with Crippen molar-refractivity contribution in [1.29, 1.82) is 0 Å². The van der Waals surface area contributed by atoms with Crippen molar-refractivity contribution in [2.45, 2.75) is 26.7 Å². The van der Waals surface area contributed by atoms with E-state index in [4.69, 9.17) is 0 Å². The monoisotopic (exact) mass is 178 g/mol. The van der Waals surface area contributed by atoms with Gasteiger partial charge in [-0.25, -0.2) is 9.97 Å². The zero-order chi connectivity index (χ0) is 9.52. The van der Waals surface area contributed by atoms with E-state index in [0.717, 1.165) is 24.2 Å². The highest BCUT2D eigenvalue weighted by Gasteiger charge is 1.92. The fourth-order valence-electron chi connectivity index (χ4n) is 0.909. The minimum Gasteiger partial charge on any atom is -0.275 e. The molecule has 0 bridgehead atoms. The Balaban J connectivity index is 2.55. The SMILES string of the molecule is CCC(CC)=NNc1cncnc1. The van der Waals surface area contributed by atoms with Crippen LogP contribution in [0.25, 0.3) is 0 Å². The molecule has 0 aromatic carbocycles. The Labute approximate surface area is 78.1 Å². The summed E-state index contributed by atoms with van der Waals surface area (Å²) in [7, 11) is 0. The van der Waals surface area contributed by atoms with Gasteiger partial charge in [0.1, 0.15) is 6.33 Å². The summed E-state index contributed by atoms with van der Waals surface area (Å²) < 4.78 is 0. The molecular formula is C9H14N4. The lowest BCUT2D eigenvalue weighted by Crippen LogP contribution is -1.99. The van der Waals surface area contributed by atoms with E-state index in [-0.39, 0.29) is 0 Å². The van der Waals surface area contributed by atoms with E-state index in [2.05, 4.69) is 34.3 Å². The Bertz CT molecular complexity index is 262. The van der Waals surface area contributed by atoms with Gasteiger partial charge < -0.3 is 0 Å². The second-order valence-corrected chi connectivity index (χ2v) is 2.62. The molecule has 1 rings (SSSR count). The third-order valence-electron chi connectivity index (χ3n) is 1.72. The minimum absolute atomic E-state index is 0.821. The maximum Gasteiger partial charge on any atom is 0.115 e. The first-order valence-electron chi connectivity index (χ1n) is 4.43. The largest absolute Gasteiger partial charge is 0.275 e. The quantitative estimate of drug-likeness (QED) is 0.567. The van der Waals surface area contributed by atoms with Crippen molar-refractivity contribution >= 4 is 11.4 Å². The second-order valence-electron chi connectivity index (χ2n) is 2.62. The van der Waals surface area contributed by atoms with E-state index >= 15 is 0 Å². The zero-order valence-corrected chi connectivity index (χ0v) is 7.99. The van der Waals surface area contributed by atoms with E-state index in [1.807, 2.05) is 0 Å². The van der Waals surface area contributed by atoms with E-state index in [1.165, 1.54) is 6.33 Å². The smallest absolute Gasteiger partial charge is 0.115 e. The lowest BCUT2D eigenvalue weighted by molar-refractivity contribution is 1.11. The third-order valence-corrected chi connectivity index (χ3v) is 1.72. The van der Waals surface area contributed by atoms with Gasteiger partial charge in [-0.05, 0) is 12.8 Å². The Morgan fingerprint density at radius 3 is 2.46 bits per heavy atom. The minimum atomic E-state index is 0.821. The summed E-state index contributed by atoms with van der Waals surface area (Å²) in [5.74, 6) is 0. The average Bonchev–Trinajstić information content (AvgIpc) is 2.21. The van der Waals surface area contributed by atoms with Gasteiger partial charge in [-0.3, -0.25) is 5.43 Å². The number of rotatable bonds is 4. The highest BCUT2D eigenvalue weighted by atomic mass is 15.3. The number of hydrogen-bond donors (Lipinski definition) is 1. The topological polar surface area (TPSA) is 50.2 Å². The molecule has 0 fully saturated rings. The van der Waals surface area contributed by atoms with Gasteiger partial charge >= 0.3 is 0 Å². The highest BCUT2D eigenvalue weighted by molar-refractivity contribution is 5.84. The zero-order valence-electron chi connectivity index (χ0n) is 7.99. The van der Waals surface area contributed by atoms with Crippen LogP contribution in [-0.2, 0) is 0 Å². The molecule has 0 aliphatic rings. The predicted molar refractivity (Wildman–Crippen MR) is 53.7 cm³/mol. The van der Waals surface area contributed by atoms with E-state index < -0.39 is 0 Å². The first-order chi connectivity index (χ1) is 6.36. The van der Waals surface area contributed by atoms with Crippen molar-refractivity contribution in [3.8, 4) is 0 Å². The third kappa shape index (κ3) is 3.19. The Morgan fingerprint density at radius 2 is 1.92 bits per heavy atom. The molecule has 1 aromatic rings. The van der Waals surface area contributed by atoms with Gasteiger partial charge in [0, 0.05) is 5.71 Å². The number of hydrazone groups is 1. The van der Waals surface area contributed by atoms with E-state index in [1.54, 1.807) is 12.4 Å². The molecule has 4 heteroatoms.